The Morgan fingerprint density at radius 2 is 1.88 bits per heavy atom. The number of aromatic hydroxyl groups is 1. The number of anilines is 1. The summed E-state index contributed by atoms with van der Waals surface area (Å²) in [5.74, 6) is -2.18. The van der Waals surface area contributed by atoms with Gasteiger partial charge in [0.1, 0.15) is 11.5 Å². The van der Waals surface area contributed by atoms with Crippen molar-refractivity contribution in [3.05, 3.63) is 91.2 Å². The van der Waals surface area contributed by atoms with E-state index in [0.717, 1.165) is 25.1 Å². The highest BCUT2D eigenvalue weighted by Gasteiger charge is 2.66. The molecule has 49 heavy (non-hydrogen) atoms. The number of hydrogen-bond acceptors (Lipinski definition) is 8. The number of nitrogens with zero attached hydrogens (tertiary/aromatic N) is 6. The fraction of sp³-hybridized carbons (Fsp3) is 0.343. The summed E-state index contributed by atoms with van der Waals surface area (Å²) in [4.78, 5) is 58.2. The summed E-state index contributed by atoms with van der Waals surface area (Å²) in [6, 6.07) is 11.9. The van der Waals surface area contributed by atoms with Crippen molar-refractivity contribution in [2.24, 2.45) is 25.4 Å². The van der Waals surface area contributed by atoms with Crippen LogP contribution in [0, 0.1) is 18.3 Å². The number of amides is 2. The Kier molecular flexibility index (Phi) is 6.93. The van der Waals surface area contributed by atoms with Crippen molar-refractivity contribution in [3.8, 4) is 22.1 Å². The van der Waals surface area contributed by atoms with Gasteiger partial charge in [-0.25, -0.2) is 28.4 Å². The molecule has 252 valence electrons. The minimum atomic E-state index is -1.36. The third kappa shape index (κ3) is 4.18. The van der Waals surface area contributed by atoms with Crippen molar-refractivity contribution in [3.63, 3.8) is 0 Å². The van der Waals surface area contributed by atoms with Gasteiger partial charge in [-0.05, 0) is 68.0 Å². The molecule has 2 aliphatic heterocycles. The third-order valence-electron chi connectivity index (χ3n) is 10.6. The van der Waals surface area contributed by atoms with E-state index in [9.17, 15) is 24.3 Å². The number of aromatic nitrogens is 5. The summed E-state index contributed by atoms with van der Waals surface area (Å²) in [7, 11) is 3.12. The number of fused-ring (bicyclic) bond motifs is 5. The molecule has 1 aliphatic carbocycles. The number of benzene rings is 2. The standard InChI is InChI=1S/C35H33ClN6O6S/c1-6-48-25-9-7-8-20(29(25)43)28-19-12-13-40-33(46)38(4)34(47)42(40)24(19)15-22-31(44)41(32(45)35(22,28)3)27-16-23(37-39(27)5)30-17(2)21-14-18(36)10-11-26(21)49-30/h7-12,14,16,22,24,28,43H,6,13,15H2,1-5H3/t22-,24+,28+,35+/m0/s1. The van der Waals surface area contributed by atoms with Crippen molar-refractivity contribution in [2.75, 3.05) is 11.5 Å². The number of allylic oxidation sites excluding steroid dienone is 2. The van der Waals surface area contributed by atoms with Crippen LogP contribution >= 0.6 is 22.9 Å². The number of para-hydroxylation sites is 1. The van der Waals surface area contributed by atoms with Crippen molar-refractivity contribution in [1.29, 1.82) is 0 Å². The minimum Gasteiger partial charge on any atom is -0.504 e. The Hall–Kier alpha value is -4.88. The van der Waals surface area contributed by atoms with Gasteiger partial charge < -0.3 is 9.84 Å². The van der Waals surface area contributed by atoms with Crippen LogP contribution in [0.15, 0.2) is 63.7 Å². The highest BCUT2D eigenvalue weighted by molar-refractivity contribution is 7.22. The van der Waals surface area contributed by atoms with Crippen LogP contribution in [-0.4, -0.2) is 47.2 Å². The molecule has 12 nitrogen and oxygen atoms in total. The van der Waals surface area contributed by atoms with Crippen LogP contribution in [-0.2, 0) is 30.2 Å². The number of carbonyl (C=O) groups excluding carboxylic acids is 2. The van der Waals surface area contributed by atoms with Gasteiger partial charge in [-0.15, -0.1) is 11.3 Å². The Balaban J connectivity index is 1.30. The van der Waals surface area contributed by atoms with Crippen LogP contribution in [0.3, 0.4) is 0 Å². The van der Waals surface area contributed by atoms with E-state index in [2.05, 4.69) is 0 Å². The molecule has 2 amide bonds. The maximum Gasteiger partial charge on any atom is 0.347 e. The maximum absolute atomic E-state index is 15.0. The SMILES string of the molecule is CCOc1cccc([C@H]2C3=CCn4c(=O)n(C)c(=O)n4[C@@H]3C[C@H]3C(=O)N(c4cc(-c5sc6ccc(Cl)cc6c5C)nn4C)C(=O)[C@@]23C)c1O. The number of rotatable bonds is 5. The second kappa shape index (κ2) is 10.8. The quantitative estimate of drug-likeness (QED) is 0.204. The average molecular weight is 701 g/mol. The van der Waals surface area contributed by atoms with Gasteiger partial charge in [0, 0.05) is 41.4 Å². The molecule has 1 N–H and O–H groups in total. The lowest BCUT2D eigenvalue weighted by atomic mass is 9.56. The topological polar surface area (TPSA) is 134 Å². The molecule has 1 saturated carbocycles. The summed E-state index contributed by atoms with van der Waals surface area (Å²) in [5.41, 5.74) is 0.348. The lowest BCUT2D eigenvalue weighted by Crippen LogP contribution is -2.49. The summed E-state index contributed by atoms with van der Waals surface area (Å²) >= 11 is 7.84. The zero-order valence-electron chi connectivity index (χ0n) is 27.4. The molecule has 8 rings (SSSR count). The first-order valence-electron chi connectivity index (χ1n) is 16.0. The lowest BCUT2D eigenvalue weighted by molar-refractivity contribution is -0.129. The van der Waals surface area contributed by atoms with Crippen LogP contribution < -0.4 is 21.0 Å². The monoisotopic (exact) mass is 700 g/mol. The Bertz CT molecular complexity index is 2410. The van der Waals surface area contributed by atoms with Crippen LogP contribution in [0.2, 0.25) is 5.02 Å². The van der Waals surface area contributed by atoms with Gasteiger partial charge in [-0.3, -0.25) is 14.3 Å². The first kappa shape index (κ1) is 31.4. The number of halogens is 1. The van der Waals surface area contributed by atoms with Gasteiger partial charge in [-0.2, -0.15) is 5.10 Å². The van der Waals surface area contributed by atoms with Crippen LogP contribution in [0.25, 0.3) is 20.7 Å². The molecule has 1 saturated heterocycles. The zero-order valence-corrected chi connectivity index (χ0v) is 29.0. The molecular weight excluding hydrogens is 668 g/mol. The van der Waals surface area contributed by atoms with Gasteiger partial charge in [0.05, 0.1) is 35.4 Å². The molecule has 5 heterocycles. The highest BCUT2D eigenvalue weighted by atomic mass is 35.5. The predicted molar refractivity (Wildman–Crippen MR) is 186 cm³/mol. The largest absolute Gasteiger partial charge is 0.504 e. The average Bonchev–Trinajstić information content (AvgIpc) is 3.73. The van der Waals surface area contributed by atoms with E-state index in [4.69, 9.17) is 21.4 Å². The molecule has 3 aromatic heterocycles. The summed E-state index contributed by atoms with van der Waals surface area (Å²) < 4.78 is 12.1. The van der Waals surface area contributed by atoms with Gasteiger partial charge in [0.15, 0.2) is 11.5 Å². The number of carbonyl (C=O) groups is 2. The van der Waals surface area contributed by atoms with Gasteiger partial charge >= 0.3 is 11.4 Å². The lowest BCUT2D eigenvalue weighted by Gasteiger charge is -2.47. The van der Waals surface area contributed by atoms with Crippen molar-refractivity contribution < 1.29 is 19.4 Å². The van der Waals surface area contributed by atoms with Crippen molar-refractivity contribution in [2.45, 2.75) is 45.7 Å². The molecule has 2 fully saturated rings. The number of phenols is 1. The number of ether oxygens (including phenoxy) is 1. The molecule has 4 atom stereocenters. The molecule has 0 bridgehead atoms. The molecule has 0 unspecified atom stereocenters. The molecule has 0 radical (unpaired) electrons. The van der Waals surface area contributed by atoms with E-state index >= 15 is 0 Å². The first-order valence-corrected chi connectivity index (χ1v) is 17.2. The summed E-state index contributed by atoms with van der Waals surface area (Å²) in [6.07, 6.45) is 1.96. The van der Waals surface area contributed by atoms with Crippen LogP contribution in [0.1, 0.15) is 43.4 Å². The third-order valence-corrected chi connectivity index (χ3v) is 12.1. The Labute approximate surface area is 289 Å². The van der Waals surface area contributed by atoms with Gasteiger partial charge in [-0.1, -0.05) is 29.8 Å². The molecular formula is C35H33ClN6O6S. The smallest absolute Gasteiger partial charge is 0.347 e. The number of hydrogen-bond donors (Lipinski definition) is 1. The van der Waals surface area contributed by atoms with E-state index in [0.29, 0.717) is 34.3 Å². The summed E-state index contributed by atoms with van der Waals surface area (Å²) in [6.45, 7) is 5.96. The number of thiophene rings is 1. The van der Waals surface area contributed by atoms with Gasteiger partial charge in [0.25, 0.3) is 0 Å². The Morgan fingerprint density at radius 3 is 2.63 bits per heavy atom. The molecule has 5 aromatic rings. The molecule has 14 heteroatoms. The van der Waals surface area contributed by atoms with E-state index in [1.165, 1.54) is 26.0 Å². The predicted octanol–water partition coefficient (Wildman–Crippen LogP) is 4.89. The van der Waals surface area contributed by atoms with Crippen LogP contribution in [0.4, 0.5) is 5.82 Å². The highest BCUT2D eigenvalue weighted by Crippen LogP contribution is 2.62. The van der Waals surface area contributed by atoms with E-state index < -0.39 is 46.5 Å². The zero-order chi connectivity index (χ0) is 34.7. The number of aryl methyl sites for hydroxylation is 2. The van der Waals surface area contributed by atoms with Crippen LogP contribution in [0.5, 0.6) is 11.5 Å². The fourth-order valence-corrected chi connectivity index (χ4v) is 9.53. The molecule has 2 aromatic carbocycles. The number of phenolic OH excluding ortho intramolecular Hbond substituents is 1. The summed E-state index contributed by atoms with van der Waals surface area (Å²) in [5, 5.41) is 18.0. The maximum atomic E-state index is 15.0. The Morgan fingerprint density at radius 1 is 1.10 bits per heavy atom. The second-order valence-electron chi connectivity index (χ2n) is 13.1. The normalized spacial score (nSPS) is 23.1. The number of imide groups is 1. The van der Waals surface area contributed by atoms with Gasteiger partial charge in [0.2, 0.25) is 11.8 Å². The molecule has 3 aliphatic rings. The fourth-order valence-electron chi connectivity index (χ4n) is 8.21. The van der Waals surface area contributed by atoms with Crippen molar-refractivity contribution >= 4 is 50.7 Å². The van der Waals surface area contributed by atoms with E-state index in [1.54, 1.807) is 56.5 Å². The van der Waals surface area contributed by atoms with E-state index in [1.807, 2.05) is 31.2 Å². The van der Waals surface area contributed by atoms with Crippen molar-refractivity contribution in [1.82, 2.24) is 23.7 Å². The van der Waals surface area contributed by atoms with E-state index in [-0.39, 0.29) is 24.5 Å². The molecule has 0 spiro atoms. The minimum absolute atomic E-state index is 0.0978. The first-order chi connectivity index (χ1) is 23.4. The second-order valence-corrected chi connectivity index (χ2v) is 14.6.